The van der Waals surface area contributed by atoms with E-state index in [0.29, 0.717) is 6.54 Å². The van der Waals surface area contributed by atoms with E-state index in [4.69, 9.17) is 21.1 Å². The van der Waals surface area contributed by atoms with Crippen LogP contribution in [0.25, 0.3) is 0 Å². The topological polar surface area (TPSA) is 21.7 Å². The zero-order chi connectivity index (χ0) is 13.5. The smallest absolute Gasteiger partial charge is 0.170 e. The van der Waals surface area contributed by atoms with Gasteiger partial charge in [-0.3, -0.25) is 0 Å². The maximum atomic E-state index is 5.97. The molecule has 1 rings (SSSR count). The van der Waals surface area contributed by atoms with E-state index in [1.165, 1.54) is 5.56 Å². The second-order valence-corrected chi connectivity index (χ2v) is 6.64. The molecule has 1 aromatic rings. The number of methoxy groups -OCH3 is 2. The molecule has 0 aromatic heterocycles. The highest BCUT2D eigenvalue weighted by Gasteiger charge is 2.13. The van der Waals surface area contributed by atoms with E-state index in [1.54, 1.807) is 23.3 Å². The summed E-state index contributed by atoms with van der Waals surface area (Å²) in [6, 6.07) is 5.93. The van der Waals surface area contributed by atoms with Gasteiger partial charge in [-0.2, -0.15) is 0 Å². The molecular formula is C11H14BrClINO2S. The number of halogens is 3. The van der Waals surface area contributed by atoms with Gasteiger partial charge in [-0.1, -0.05) is 17.7 Å². The van der Waals surface area contributed by atoms with Gasteiger partial charge in [0.1, 0.15) is 0 Å². The van der Waals surface area contributed by atoms with Crippen molar-refractivity contribution in [2.75, 3.05) is 20.8 Å². The van der Waals surface area contributed by atoms with Crippen LogP contribution in [0.4, 0.5) is 0 Å². The van der Waals surface area contributed by atoms with E-state index in [1.807, 2.05) is 18.2 Å². The largest absolute Gasteiger partial charge is 0.355 e. The summed E-state index contributed by atoms with van der Waals surface area (Å²) in [7, 11) is 4.91. The summed E-state index contributed by atoms with van der Waals surface area (Å²) < 4.78 is 13.5. The highest BCUT2D eigenvalue weighted by Crippen LogP contribution is 2.27. The Morgan fingerprint density at radius 3 is 2.61 bits per heavy atom. The third-order valence-corrected chi connectivity index (χ3v) is 5.68. The lowest BCUT2D eigenvalue weighted by Crippen LogP contribution is -2.29. The molecule has 3 nitrogen and oxygen atoms in total. The summed E-state index contributed by atoms with van der Waals surface area (Å²) in [5.41, 5.74) is 1.18. The fourth-order valence-corrected chi connectivity index (χ4v) is 3.19. The van der Waals surface area contributed by atoms with E-state index in [9.17, 15) is 0 Å². The van der Waals surface area contributed by atoms with Crippen molar-refractivity contribution in [3.05, 3.63) is 33.3 Å². The Labute approximate surface area is 137 Å². The van der Waals surface area contributed by atoms with Gasteiger partial charge in [0.15, 0.2) is 6.29 Å². The van der Waals surface area contributed by atoms with Crippen LogP contribution in [0.2, 0.25) is 5.02 Å². The molecule has 0 aliphatic heterocycles. The summed E-state index contributed by atoms with van der Waals surface area (Å²) in [4.78, 5) is 0. The molecule has 7 heteroatoms. The van der Waals surface area contributed by atoms with E-state index in [-0.39, 0.29) is 6.29 Å². The summed E-state index contributed by atoms with van der Waals surface area (Å²) in [5, 5.41) is 0.721. The Morgan fingerprint density at radius 2 is 2.11 bits per heavy atom. The van der Waals surface area contributed by atoms with Crippen LogP contribution in [0, 0.1) is 0 Å². The SMILES string of the molecule is COC(CN(Cc1ccc(Cl)c(Br)c1)SI)OC. The lowest BCUT2D eigenvalue weighted by Gasteiger charge is -2.22. The number of rotatable bonds is 7. The minimum absolute atomic E-state index is 0.219. The fraction of sp³-hybridized carbons (Fsp3) is 0.455. The molecule has 0 aliphatic carbocycles. The van der Waals surface area contributed by atoms with Crippen LogP contribution in [-0.2, 0) is 16.0 Å². The van der Waals surface area contributed by atoms with Crippen molar-refractivity contribution < 1.29 is 9.47 Å². The Bertz CT molecular complexity index is 382. The van der Waals surface area contributed by atoms with E-state index in [0.717, 1.165) is 16.0 Å². The van der Waals surface area contributed by atoms with E-state index >= 15 is 0 Å². The highest BCUT2D eigenvalue weighted by atomic mass is 127. The first-order chi connectivity index (χ1) is 8.60. The molecule has 0 fully saturated rings. The van der Waals surface area contributed by atoms with Gasteiger partial charge in [0, 0.05) is 46.4 Å². The molecule has 102 valence electrons. The zero-order valence-electron chi connectivity index (χ0n) is 10.0. The molecule has 0 amide bonds. The fourth-order valence-electron chi connectivity index (χ4n) is 1.37. The molecule has 18 heavy (non-hydrogen) atoms. The molecule has 0 spiro atoms. The van der Waals surface area contributed by atoms with Crippen molar-refractivity contribution in [3.8, 4) is 0 Å². The Morgan fingerprint density at radius 1 is 1.44 bits per heavy atom. The van der Waals surface area contributed by atoms with Gasteiger partial charge >= 0.3 is 0 Å². The van der Waals surface area contributed by atoms with Gasteiger partial charge < -0.3 is 9.47 Å². The van der Waals surface area contributed by atoms with Crippen molar-refractivity contribution in [2.24, 2.45) is 0 Å². The van der Waals surface area contributed by atoms with Crippen LogP contribution < -0.4 is 0 Å². The van der Waals surface area contributed by atoms with Crippen LogP contribution in [0.1, 0.15) is 5.56 Å². The second kappa shape index (κ2) is 8.99. The average Bonchev–Trinajstić information content (AvgIpc) is 2.38. The van der Waals surface area contributed by atoms with Crippen LogP contribution >= 0.6 is 57.9 Å². The van der Waals surface area contributed by atoms with Crippen LogP contribution in [-0.4, -0.2) is 31.4 Å². The molecule has 0 bridgehead atoms. The third kappa shape index (κ3) is 5.52. The summed E-state index contributed by atoms with van der Waals surface area (Å²) in [6.45, 7) is 1.49. The van der Waals surface area contributed by atoms with Gasteiger partial charge in [-0.15, -0.1) is 0 Å². The Balaban J connectivity index is 2.64. The first kappa shape index (κ1) is 17.0. The van der Waals surface area contributed by atoms with Gasteiger partial charge in [-0.05, 0) is 42.7 Å². The van der Waals surface area contributed by atoms with Gasteiger partial charge in [0.05, 0.1) is 11.6 Å². The predicted molar refractivity (Wildman–Crippen MR) is 89.0 cm³/mol. The number of nitrogens with zero attached hydrogens (tertiary/aromatic N) is 1. The molecule has 0 saturated heterocycles. The second-order valence-electron chi connectivity index (χ2n) is 3.54. The summed E-state index contributed by atoms with van der Waals surface area (Å²) >= 11 is 11.7. The first-order valence-electron chi connectivity index (χ1n) is 5.14. The van der Waals surface area contributed by atoms with Crippen molar-refractivity contribution in [1.29, 1.82) is 0 Å². The lowest BCUT2D eigenvalue weighted by molar-refractivity contribution is -0.107. The molecule has 0 unspecified atom stereocenters. The maximum Gasteiger partial charge on any atom is 0.170 e. The number of benzene rings is 1. The monoisotopic (exact) mass is 465 g/mol. The van der Waals surface area contributed by atoms with E-state index < -0.39 is 0 Å². The number of hydrogen-bond acceptors (Lipinski definition) is 4. The van der Waals surface area contributed by atoms with Crippen molar-refractivity contribution in [3.63, 3.8) is 0 Å². The molecule has 0 heterocycles. The van der Waals surface area contributed by atoms with Gasteiger partial charge in [0.2, 0.25) is 0 Å². The minimum atomic E-state index is -0.219. The lowest BCUT2D eigenvalue weighted by atomic mass is 10.2. The molecule has 0 radical (unpaired) electrons. The highest BCUT2D eigenvalue weighted by molar-refractivity contribution is 14.2. The normalized spacial score (nSPS) is 11.5. The zero-order valence-corrected chi connectivity index (χ0v) is 15.3. The summed E-state index contributed by atoms with van der Waals surface area (Å²) in [5.74, 6) is 0. The predicted octanol–water partition coefficient (Wildman–Crippen LogP) is 4.52. The third-order valence-electron chi connectivity index (χ3n) is 2.32. The Hall–Kier alpha value is 0.950. The molecule has 0 N–H and O–H groups in total. The quantitative estimate of drug-likeness (QED) is 0.335. The summed E-state index contributed by atoms with van der Waals surface area (Å²) in [6.07, 6.45) is -0.219. The molecule has 0 atom stereocenters. The maximum absolute atomic E-state index is 5.97. The molecule has 1 aromatic carbocycles. The van der Waals surface area contributed by atoms with Crippen LogP contribution in [0.5, 0.6) is 0 Å². The Kier molecular flexibility index (Phi) is 8.49. The van der Waals surface area contributed by atoms with Gasteiger partial charge in [0.25, 0.3) is 0 Å². The van der Waals surface area contributed by atoms with E-state index in [2.05, 4.69) is 41.4 Å². The average molecular weight is 467 g/mol. The number of hydrogen-bond donors (Lipinski definition) is 0. The standard InChI is InChI=1S/C11H14BrClINO2S/c1-16-11(17-2)7-15(18-14)6-8-3-4-10(13)9(12)5-8/h3-5,11H,6-7H2,1-2H3. The molecule has 0 aliphatic rings. The van der Waals surface area contributed by atoms with Crippen LogP contribution in [0.3, 0.4) is 0 Å². The van der Waals surface area contributed by atoms with Crippen molar-refractivity contribution in [1.82, 2.24) is 4.31 Å². The van der Waals surface area contributed by atoms with Crippen LogP contribution in [0.15, 0.2) is 22.7 Å². The van der Waals surface area contributed by atoms with Crippen molar-refractivity contribution in [2.45, 2.75) is 12.8 Å². The van der Waals surface area contributed by atoms with Gasteiger partial charge in [-0.25, -0.2) is 4.31 Å². The minimum Gasteiger partial charge on any atom is -0.355 e. The number of ether oxygens (including phenoxy) is 2. The van der Waals surface area contributed by atoms with Crippen molar-refractivity contribution >= 4 is 57.9 Å². The molecular weight excluding hydrogens is 452 g/mol. The molecule has 0 saturated carbocycles. The first-order valence-corrected chi connectivity index (χ1v) is 9.62.